The molecule has 0 aliphatic carbocycles. The van der Waals surface area contributed by atoms with Crippen molar-refractivity contribution in [3.05, 3.63) is 71.8 Å². The number of carbonyl (C=O) groups excluding carboxylic acids is 1. The Labute approximate surface area is 137 Å². The van der Waals surface area contributed by atoms with Gasteiger partial charge in [-0.25, -0.2) is 0 Å². The molecule has 0 amide bonds. The van der Waals surface area contributed by atoms with Crippen molar-refractivity contribution in [2.75, 3.05) is 6.61 Å². The van der Waals surface area contributed by atoms with Gasteiger partial charge in [-0.05, 0) is 19.4 Å². The van der Waals surface area contributed by atoms with Gasteiger partial charge in [-0.3, -0.25) is 4.79 Å². The quantitative estimate of drug-likeness (QED) is 0.777. The van der Waals surface area contributed by atoms with Crippen LogP contribution in [0.3, 0.4) is 0 Å². The number of carbonyl (C=O) groups is 1. The van der Waals surface area contributed by atoms with Crippen molar-refractivity contribution < 1.29 is 14.3 Å². The summed E-state index contributed by atoms with van der Waals surface area (Å²) in [5.74, 6) is -0.466. The van der Waals surface area contributed by atoms with E-state index in [-0.39, 0.29) is 17.8 Å². The van der Waals surface area contributed by atoms with Crippen molar-refractivity contribution in [3.8, 4) is 0 Å². The monoisotopic (exact) mass is 310 g/mol. The summed E-state index contributed by atoms with van der Waals surface area (Å²) in [7, 11) is 0. The summed E-state index contributed by atoms with van der Waals surface area (Å²) in [6, 6.07) is 19.5. The van der Waals surface area contributed by atoms with Crippen LogP contribution in [0.25, 0.3) is 0 Å². The molecule has 23 heavy (non-hydrogen) atoms. The SMILES string of the molecule is CC1(C)OC[C@H]([C@H](CC(=O)c2ccccc2)c2ccccc2)O1. The normalized spacial score (nSPS) is 21.0. The zero-order valence-electron chi connectivity index (χ0n) is 13.6. The molecule has 0 unspecified atom stereocenters. The molecule has 1 fully saturated rings. The smallest absolute Gasteiger partial charge is 0.163 e. The predicted molar refractivity (Wildman–Crippen MR) is 89.5 cm³/mol. The maximum atomic E-state index is 12.7. The lowest BCUT2D eigenvalue weighted by atomic mass is 9.87. The van der Waals surface area contributed by atoms with E-state index in [1.54, 1.807) is 0 Å². The van der Waals surface area contributed by atoms with Crippen LogP contribution in [0, 0.1) is 0 Å². The fraction of sp³-hybridized carbons (Fsp3) is 0.350. The van der Waals surface area contributed by atoms with Gasteiger partial charge >= 0.3 is 0 Å². The zero-order chi connectivity index (χ0) is 16.3. The number of benzene rings is 2. The van der Waals surface area contributed by atoms with Gasteiger partial charge in [0.2, 0.25) is 0 Å². The van der Waals surface area contributed by atoms with E-state index in [9.17, 15) is 4.79 Å². The van der Waals surface area contributed by atoms with Crippen molar-refractivity contribution >= 4 is 5.78 Å². The second kappa shape index (κ2) is 6.65. The van der Waals surface area contributed by atoms with E-state index in [0.717, 1.165) is 11.1 Å². The highest BCUT2D eigenvalue weighted by Gasteiger charge is 2.38. The molecule has 2 atom stereocenters. The Kier molecular flexibility index (Phi) is 4.60. The molecule has 0 spiro atoms. The van der Waals surface area contributed by atoms with Gasteiger partial charge in [0, 0.05) is 17.9 Å². The van der Waals surface area contributed by atoms with E-state index in [4.69, 9.17) is 9.47 Å². The second-order valence-electron chi connectivity index (χ2n) is 6.38. The van der Waals surface area contributed by atoms with Gasteiger partial charge in [-0.1, -0.05) is 60.7 Å². The zero-order valence-corrected chi connectivity index (χ0v) is 13.6. The first-order chi connectivity index (χ1) is 11.1. The highest BCUT2D eigenvalue weighted by atomic mass is 16.7. The lowest BCUT2D eigenvalue weighted by molar-refractivity contribution is -0.140. The van der Waals surface area contributed by atoms with Crippen LogP contribution in [0.2, 0.25) is 0 Å². The Morgan fingerprint density at radius 3 is 2.26 bits per heavy atom. The maximum Gasteiger partial charge on any atom is 0.163 e. The summed E-state index contributed by atoms with van der Waals surface area (Å²) in [5.41, 5.74) is 1.86. The van der Waals surface area contributed by atoms with Crippen LogP contribution < -0.4 is 0 Å². The number of ketones is 1. The van der Waals surface area contributed by atoms with E-state index in [2.05, 4.69) is 12.1 Å². The molecule has 0 radical (unpaired) electrons. The molecule has 1 aliphatic heterocycles. The number of hydrogen-bond donors (Lipinski definition) is 0. The van der Waals surface area contributed by atoms with Gasteiger partial charge in [-0.15, -0.1) is 0 Å². The molecule has 3 heteroatoms. The van der Waals surface area contributed by atoms with Gasteiger partial charge in [0.05, 0.1) is 12.7 Å². The molecule has 0 saturated carbocycles. The predicted octanol–water partition coefficient (Wildman–Crippen LogP) is 4.19. The van der Waals surface area contributed by atoms with E-state index in [1.807, 2.05) is 62.4 Å². The lowest BCUT2D eigenvalue weighted by Gasteiger charge is -2.24. The minimum Gasteiger partial charge on any atom is -0.348 e. The fourth-order valence-corrected chi connectivity index (χ4v) is 3.02. The number of hydrogen-bond acceptors (Lipinski definition) is 3. The van der Waals surface area contributed by atoms with E-state index < -0.39 is 5.79 Å². The third kappa shape index (κ3) is 3.87. The highest BCUT2D eigenvalue weighted by Crippen LogP contribution is 2.35. The Morgan fingerprint density at radius 1 is 1.09 bits per heavy atom. The van der Waals surface area contributed by atoms with E-state index >= 15 is 0 Å². The standard InChI is InChI=1S/C20H22O3/c1-20(2)22-14-19(23-20)17(15-9-5-3-6-10-15)13-18(21)16-11-7-4-8-12-16/h3-12,17,19H,13-14H2,1-2H3/t17-,19-/m1/s1. The van der Waals surface area contributed by atoms with Crippen LogP contribution in [0.5, 0.6) is 0 Å². The number of rotatable bonds is 5. The minimum absolute atomic E-state index is 0.00863. The van der Waals surface area contributed by atoms with E-state index in [0.29, 0.717) is 13.0 Å². The Morgan fingerprint density at radius 2 is 1.70 bits per heavy atom. The summed E-state index contributed by atoms with van der Waals surface area (Å²) >= 11 is 0. The van der Waals surface area contributed by atoms with Crippen molar-refractivity contribution in [1.29, 1.82) is 0 Å². The van der Waals surface area contributed by atoms with Gasteiger partial charge in [0.1, 0.15) is 0 Å². The number of ether oxygens (including phenoxy) is 2. The summed E-state index contributed by atoms with van der Waals surface area (Å²) in [6.07, 6.45) is 0.304. The minimum atomic E-state index is -0.590. The van der Waals surface area contributed by atoms with Crippen LogP contribution in [-0.2, 0) is 9.47 Å². The van der Waals surface area contributed by atoms with Crippen LogP contribution >= 0.6 is 0 Å². The number of Topliss-reactive ketones (excluding diaryl/α,β-unsaturated/α-hetero) is 1. The Balaban J connectivity index is 1.83. The molecule has 1 aliphatic rings. The van der Waals surface area contributed by atoms with Crippen LogP contribution in [0.1, 0.15) is 42.1 Å². The van der Waals surface area contributed by atoms with Gasteiger partial charge < -0.3 is 9.47 Å². The molecule has 2 aromatic rings. The molecule has 1 saturated heterocycles. The summed E-state index contributed by atoms with van der Waals surface area (Å²) in [6.45, 7) is 4.33. The van der Waals surface area contributed by atoms with Crippen LogP contribution in [0.4, 0.5) is 0 Å². The van der Waals surface area contributed by atoms with Crippen molar-refractivity contribution in [2.24, 2.45) is 0 Å². The summed E-state index contributed by atoms with van der Waals surface area (Å²) < 4.78 is 11.7. The first-order valence-electron chi connectivity index (χ1n) is 8.00. The molecule has 3 rings (SSSR count). The first-order valence-corrected chi connectivity index (χ1v) is 8.00. The van der Waals surface area contributed by atoms with E-state index in [1.165, 1.54) is 0 Å². The summed E-state index contributed by atoms with van der Waals surface area (Å²) in [5, 5.41) is 0. The van der Waals surface area contributed by atoms with Crippen molar-refractivity contribution in [1.82, 2.24) is 0 Å². The maximum absolute atomic E-state index is 12.7. The van der Waals surface area contributed by atoms with Crippen molar-refractivity contribution in [3.63, 3.8) is 0 Å². The van der Waals surface area contributed by atoms with Crippen LogP contribution in [0.15, 0.2) is 60.7 Å². The van der Waals surface area contributed by atoms with Gasteiger partial charge in [0.25, 0.3) is 0 Å². The van der Waals surface area contributed by atoms with Gasteiger partial charge in [0.15, 0.2) is 11.6 Å². The van der Waals surface area contributed by atoms with Crippen molar-refractivity contribution in [2.45, 2.75) is 38.1 Å². The highest BCUT2D eigenvalue weighted by molar-refractivity contribution is 5.96. The first kappa shape index (κ1) is 15.9. The second-order valence-corrected chi connectivity index (χ2v) is 6.38. The third-order valence-corrected chi connectivity index (χ3v) is 4.21. The Hall–Kier alpha value is -1.97. The molecule has 0 bridgehead atoms. The lowest BCUT2D eigenvalue weighted by Crippen LogP contribution is -2.27. The largest absolute Gasteiger partial charge is 0.348 e. The topological polar surface area (TPSA) is 35.5 Å². The molecule has 2 aromatic carbocycles. The molecule has 0 N–H and O–H groups in total. The average Bonchev–Trinajstić information content (AvgIpc) is 2.93. The molecular formula is C20H22O3. The van der Waals surface area contributed by atoms with Gasteiger partial charge in [-0.2, -0.15) is 0 Å². The molecular weight excluding hydrogens is 288 g/mol. The summed E-state index contributed by atoms with van der Waals surface area (Å²) in [4.78, 5) is 12.7. The average molecular weight is 310 g/mol. The molecule has 0 aromatic heterocycles. The fourth-order valence-electron chi connectivity index (χ4n) is 3.02. The molecule has 3 nitrogen and oxygen atoms in total. The molecule has 1 heterocycles. The molecule has 120 valence electrons. The van der Waals surface area contributed by atoms with Crippen LogP contribution in [-0.4, -0.2) is 24.3 Å². The third-order valence-electron chi connectivity index (χ3n) is 4.21. The Bertz CT molecular complexity index is 649.